The van der Waals surface area contributed by atoms with Gasteiger partial charge in [0.1, 0.15) is 5.01 Å². The largest absolute Gasteiger partial charge is 0.378 e. The first-order valence-corrected chi connectivity index (χ1v) is 6.32. The van der Waals surface area contributed by atoms with Gasteiger partial charge in [-0.1, -0.05) is 12.8 Å². The number of thiazole rings is 1. The highest BCUT2D eigenvalue weighted by molar-refractivity contribution is 7.09. The summed E-state index contributed by atoms with van der Waals surface area (Å²) >= 11 is 1.68. The van der Waals surface area contributed by atoms with Crippen molar-refractivity contribution < 1.29 is 4.74 Å². The van der Waals surface area contributed by atoms with Crippen molar-refractivity contribution in [1.29, 1.82) is 0 Å². The highest BCUT2D eigenvalue weighted by Gasteiger charge is 2.36. The van der Waals surface area contributed by atoms with Gasteiger partial charge in [-0.25, -0.2) is 4.98 Å². The minimum atomic E-state index is 0.169. The molecule has 1 saturated carbocycles. The molecule has 2 rings (SSSR count). The van der Waals surface area contributed by atoms with E-state index in [0.29, 0.717) is 6.61 Å². The van der Waals surface area contributed by atoms with Crippen LogP contribution in [0, 0.1) is 0 Å². The van der Waals surface area contributed by atoms with Crippen LogP contribution in [0.25, 0.3) is 0 Å². The summed E-state index contributed by atoms with van der Waals surface area (Å²) in [7, 11) is 1.70. The van der Waals surface area contributed by atoms with Gasteiger partial charge in [-0.05, 0) is 12.8 Å². The fourth-order valence-electron chi connectivity index (χ4n) is 2.36. The first-order valence-electron chi connectivity index (χ1n) is 5.45. The Bertz CT molecular complexity index is 318. The number of nitrogens with zero attached hydrogens (tertiary/aromatic N) is 1. The van der Waals surface area contributed by atoms with Crippen molar-refractivity contribution >= 4 is 11.3 Å². The average molecular weight is 226 g/mol. The van der Waals surface area contributed by atoms with E-state index in [1.54, 1.807) is 18.4 Å². The van der Waals surface area contributed by atoms with Crippen LogP contribution in [0.1, 0.15) is 36.4 Å². The third-order valence-electron chi connectivity index (χ3n) is 3.31. The van der Waals surface area contributed by atoms with Crippen LogP contribution in [0.4, 0.5) is 0 Å². The standard InChI is InChI=1S/C11H18N2OS/c1-14-6-10-13-9(7-15-10)11(8-12)4-2-3-5-11/h7H,2-6,8,12H2,1H3. The molecule has 1 aliphatic carbocycles. The van der Waals surface area contributed by atoms with Gasteiger partial charge in [-0.2, -0.15) is 0 Å². The third kappa shape index (κ3) is 2.07. The number of methoxy groups -OCH3 is 1. The highest BCUT2D eigenvalue weighted by Crippen LogP contribution is 2.40. The van der Waals surface area contributed by atoms with Crippen LogP contribution < -0.4 is 5.73 Å². The van der Waals surface area contributed by atoms with Gasteiger partial charge in [0, 0.05) is 24.4 Å². The molecule has 15 heavy (non-hydrogen) atoms. The second-order valence-corrected chi connectivity index (χ2v) is 5.19. The fraction of sp³-hybridized carbons (Fsp3) is 0.727. The van der Waals surface area contributed by atoms with Gasteiger partial charge in [0.2, 0.25) is 0 Å². The first kappa shape index (κ1) is 11.0. The molecule has 0 radical (unpaired) electrons. The summed E-state index contributed by atoms with van der Waals surface area (Å²) in [6.45, 7) is 1.34. The van der Waals surface area contributed by atoms with Gasteiger partial charge in [0.05, 0.1) is 12.3 Å². The Morgan fingerprint density at radius 2 is 2.27 bits per heavy atom. The van der Waals surface area contributed by atoms with Gasteiger partial charge in [-0.15, -0.1) is 11.3 Å². The van der Waals surface area contributed by atoms with E-state index < -0.39 is 0 Å². The predicted octanol–water partition coefficient (Wildman–Crippen LogP) is 2.06. The van der Waals surface area contributed by atoms with Crippen molar-refractivity contribution in [3.63, 3.8) is 0 Å². The number of rotatable bonds is 4. The SMILES string of the molecule is COCc1nc(C2(CN)CCCC2)cs1. The molecule has 0 spiro atoms. The Morgan fingerprint density at radius 1 is 1.53 bits per heavy atom. The zero-order valence-electron chi connectivity index (χ0n) is 9.16. The van der Waals surface area contributed by atoms with Gasteiger partial charge in [-0.3, -0.25) is 0 Å². The number of aromatic nitrogens is 1. The van der Waals surface area contributed by atoms with Crippen molar-refractivity contribution in [2.75, 3.05) is 13.7 Å². The summed E-state index contributed by atoms with van der Waals surface area (Å²) in [4.78, 5) is 4.64. The Hall–Kier alpha value is -0.450. The molecule has 0 aromatic carbocycles. The molecular weight excluding hydrogens is 208 g/mol. The lowest BCUT2D eigenvalue weighted by Gasteiger charge is -2.24. The van der Waals surface area contributed by atoms with Gasteiger partial charge >= 0.3 is 0 Å². The maximum Gasteiger partial charge on any atom is 0.119 e. The molecule has 0 atom stereocenters. The molecular formula is C11H18N2OS. The Balaban J connectivity index is 2.19. The summed E-state index contributed by atoms with van der Waals surface area (Å²) < 4.78 is 5.09. The van der Waals surface area contributed by atoms with Crippen LogP contribution in [0.15, 0.2) is 5.38 Å². The van der Waals surface area contributed by atoms with Gasteiger partial charge in [0.25, 0.3) is 0 Å². The zero-order chi connectivity index (χ0) is 10.7. The minimum absolute atomic E-state index is 0.169. The molecule has 84 valence electrons. The maximum atomic E-state index is 5.92. The first-order chi connectivity index (χ1) is 7.30. The molecule has 3 nitrogen and oxygen atoms in total. The second kappa shape index (κ2) is 4.60. The van der Waals surface area contributed by atoms with Gasteiger partial charge < -0.3 is 10.5 Å². The van der Waals surface area contributed by atoms with Crippen LogP contribution in [0.3, 0.4) is 0 Å². The topological polar surface area (TPSA) is 48.1 Å². The number of hydrogen-bond donors (Lipinski definition) is 1. The van der Waals surface area contributed by atoms with E-state index in [1.165, 1.54) is 31.4 Å². The molecule has 1 aliphatic rings. The Kier molecular flexibility index (Phi) is 3.38. The smallest absolute Gasteiger partial charge is 0.119 e. The highest BCUT2D eigenvalue weighted by atomic mass is 32.1. The quantitative estimate of drug-likeness (QED) is 0.855. The van der Waals surface area contributed by atoms with Gasteiger partial charge in [0.15, 0.2) is 0 Å². The molecule has 1 fully saturated rings. The third-order valence-corrected chi connectivity index (χ3v) is 4.14. The molecule has 1 aromatic heterocycles. The van der Waals surface area contributed by atoms with Crippen LogP contribution in [-0.2, 0) is 16.8 Å². The normalized spacial score (nSPS) is 19.6. The lowest BCUT2D eigenvalue weighted by Crippen LogP contribution is -2.32. The van der Waals surface area contributed by atoms with Crippen LogP contribution in [0.2, 0.25) is 0 Å². The molecule has 2 N–H and O–H groups in total. The van der Waals surface area contributed by atoms with E-state index in [4.69, 9.17) is 10.5 Å². The van der Waals surface area contributed by atoms with Crippen LogP contribution in [0.5, 0.6) is 0 Å². The van der Waals surface area contributed by atoms with E-state index in [1.807, 2.05) is 0 Å². The van der Waals surface area contributed by atoms with Crippen molar-refractivity contribution in [1.82, 2.24) is 4.98 Å². The van der Waals surface area contributed by atoms with Crippen molar-refractivity contribution in [2.24, 2.45) is 5.73 Å². The maximum absolute atomic E-state index is 5.92. The summed E-state index contributed by atoms with van der Waals surface area (Å²) in [6.07, 6.45) is 4.96. The Morgan fingerprint density at radius 3 is 2.87 bits per heavy atom. The predicted molar refractivity (Wildman–Crippen MR) is 62.0 cm³/mol. The lowest BCUT2D eigenvalue weighted by molar-refractivity contribution is 0.184. The molecule has 1 aromatic rings. The minimum Gasteiger partial charge on any atom is -0.378 e. The number of hydrogen-bond acceptors (Lipinski definition) is 4. The molecule has 1 heterocycles. The van der Waals surface area contributed by atoms with Crippen LogP contribution >= 0.6 is 11.3 Å². The lowest BCUT2D eigenvalue weighted by atomic mass is 9.83. The van der Waals surface area contributed by atoms with E-state index in [0.717, 1.165) is 11.6 Å². The molecule has 4 heteroatoms. The Labute approximate surface area is 94.7 Å². The summed E-state index contributed by atoms with van der Waals surface area (Å²) in [5, 5.41) is 3.22. The average Bonchev–Trinajstić information content (AvgIpc) is 2.86. The molecule has 0 unspecified atom stereocenters. The monoisotopic (exact) mass is 226 g/mol. The molecule has 0 saturated heterocycles. The number of ether oxygens (including phenoxy) is 1. The number of nitrogens with two attached hydrogens (primary N) is 1. The molecule has 0 amide bonds. The van der Waals surface area contributed by atoms with E-state index in [2.05, 4.69) is 10.4 Å². The molecule has 0 aliphatic heterocycles. The van der Waals surface area contributed by atoms with Crippen molar-refractivity contribution in [2.45, 2.75) is 37.7 Å². The van der Waals surface area contributed by atoms with E-state index in [-0.39, 0.29) is 5.41 Å². The van der Waals surface area contributed by atoms with Crippen molar-refractivity contribution in [3.05, 3.63) is 16.1 Å². The van der Waals surface area contributed by atoms with E-state index >= 15 is 0 Å². The summed E-state index contributed by atoms with van der Waals surface area (Å²) in [5.74, 6) is 0. The summed E-state index contributed by atoms with van der Waals surface area (Å²) in [5.41, 5.74) is 7.28. The summed E-state index contributed by atoms with van der Waals surface area (Å²) in [6, 6.07) is 0. The van der Waals surface area contributed by atoms with Crippen LogP contribution in [-0.4, -0.2) is 18.6 Å². The second-order valence-electron chi connectivity index (χ2n) is 4.25. The fourth-order valence-corrected chi connectivity index (χ4v) is 3.25. The molecule has 0 bridgehead atoms. The van der Waals surface area contributed by atoms with Crippen molar-refractivity contribution in [3.8, 4) is 0 Å². The van der Waals surface area contributed by atoms with E-state index in [9.17, 15) is 0 Å². The zero-order valence-corrected chi connectivity index (χ0v) is 9.98.